The topological polar surface area (TPSA) is 15.7 Å². The number of piperidine rings is 1. The lowest BCUT2D eigenvalue weighted by atomic mass is 9.86. The lowest BCUT2D eigenvalue weighted by Crippen LogP contribution is -2.47. The molecule has 0 N–H and O–H groups in total. The fourth-order valence-corrected chi connectivity index (χ4v) is 3.96. The molecule has 3 fully saturated rings. The third-order valence-corrected chi connectivity index (χ3v) is 5.29. The van der Waals surface area contributed by atoms with Crippen molar-refractivity contribution in [1.29, 1.82) is 0 Å². The zero-order valence-corrected chi connectivity index (χ0v) is 12.0. The standard InChI is InChI=1S/C15H28N2O/c1-13(2)16-9-5-15(6-10-16)11-14(12-18-15)17-7-3-4-8-17/h13-14H,3-12H2,1-2H3. The number of nitrogens with zero attached hydrogens (tertiary/aromatic N) is 2. The van der Waals surface area contributed by atoms with Gasteiger partial charge in [0.15, 0.2) is 0 Å². The van der Waals surface area contributed by atoms with Gasteiger partial charge < -0.3 is 9.64 Å². The molecule has 3 aliphatic heterocycles. The van der Waals surface area contributed by atoms with E-state index in [0.717, 1.165) is 12.6 Å². The van der Waals surface area contributed by atoms with E-state index in [2.05, 4.69) is 23.6 Å². The first-order valence-corrected chi connectivity index (χ1v) is 7.81. The summed E-state index contributed by atoms with van der Waals surface area (Å²) in [5.74, 6) is 0. The van der Waals surface area contributed by atoms with Crippen molar-refractivity contribution in [3.05, 3.63) is 0 Å². The molecule has 0 aromatic heterocycles. The van der Waals surface area contributed by atoms with Crippen LogP contribution in [-0.4, -0.2) is 60.3 Å². The maximum Gasteiger partial charge on any atom is 0.0723 e. The quantitative estimate of drug-likeness (QED) is 0.748. The fraction of sp³-hybridized carbons (Fsp3) is 1.00. The minimum absolute atomic E-state index is 0.235. The van der Waals surface area contributed by atoms with Gasteiger partial charge in [-0.05, 0) is 59.0 Å². The maximum atomic E-state index is 6.27. The van der Waals surface area contributed by atoms with Crippen LogP contribution in [0.5, 0.6) is 0 Å². The van der Waals surface area contributed by atoms with Crippen LogP contribution in [0.15, 0.2) is 0 Å². The van der Waals surface area contributed by atoms with Gasteiger partial charge in [0, 0.05) is 25.2 Å². The molecule has 0 bridgehead atoms. The number of ether oxygens (including phenoxy) is 1. The second kappa shape index (κ2) is 5.10. The third kappa shape index (κ3) is 2.45. The number of hydrogen-bond donors (Lipinski definition) is 0. The van der Waals surface area contributed by atoms with Gasteiger partial charge in [0.25, 0.3) is 0 Å². The molecular formula is C15H28N2O. The van der Waals surface area contributed by atoms with Crippen molar-refractivity contribution >= 4 is 0 Å². The molecule has 1 unspecified atom stereocenters. The molecule has 3 heteroatoms. The third-order valence-electron chi connectivity index (χ3n) is 5.29. The van der Waals surface area contributed by atoms with Crippen LogP contribution in [0.25, 0.3) is 0 Å². The first-order chi connectivity index (χ1) is 8.69. The Kier molecular flexibility index (Phi) is 3.65. The lowest BCUT2D eigenvalue weighted by Gasteiger charge is -2.40. The summed E-state index contributed by atoms with van der Waals surface area (Å²) in [6.07, 6.45) is 6.57. The van der Waals surface area contributed by atoms with E-state index in [1.165, 1.54) is 58.3 Å². The highest BCUT2D eigenvalue weighted by molar-refractivity contribution is 4.97. The lowest BCUT2D eigenvalue weighted by molar-refractivity contribution is -0.0487. The smallest absolute Gasteiger partial charge is 0.0723 e. The monoisotopic (exact) mass is 252 g/mol. The van der Waals surface area contributed by atoms with E-state index in [0.29, 0.717) is 6.04 Å². The molecule has 18 heavy (non-hydrogen) atoms. The van der Waals surface area contributed by atoms with Gasteiger partial charge in [0.05, 0.1) is 12.2 Å². The molecule has 3 saturated heterocycles. The molecule has 0 aromatic rings. The molecule has 3 aliphatic rings. The van der Waals surface area contributed by atoms with Crippen molar-refractivity contribution in [1.82, 2.24) is 9.80 Å². The Hall–Kier alpha value is -0.120. The Balaban J connectivity index is 1.55. The van der Waals surface area contributed by atoms with Crippen LogP contribution in [0.3, 0.4) is 0 Å². The van der Waals surface area contributed by atoms with Gasteiger partial charge >= 0.3 is 0 Å². The Morgan fingerprint density at radius 3 is 2.33 bits per heavy atom. The molecule has 0 radical (unpaired) electrons. The van der Waals surface area contributed by atoms with Crippen molar-refractivity contribution in [3.63, 3.8) is 0 Å². The normalized spacial score (nSPS) is 33.8. The Morgan fingerprint density at radius 2 is 1.72 bits per heavy atom. The fourth-order valence-electron chi connectivity index (χ4n) is 3.96. The van der Waals surface area contributed by atoms with E-state index < -0.39 is 0 Å². The summed E-state index contributed by atoms with van der Waals surface area (Å²) in [6.45, 7) is 10.7. The molecule has 0 amide bonds. The summed E-state index contributed by atoms with van der Waals surface area (Å²) < 4.78 is 6.27. The van der Waals surface area contributed by atoms with Gasteiger partial charge in [-0.2, -0.15) is 0 Å². The second-order valence-corrected chi connectivity index (χ2v) is 6.72. The predicted octanol–water partition coefficient (Wildman–Crippen LogP) is 2.11. The Labute approximate surface area is 111 Å². The van der Waals surface area contributed by atoms with Crippen LogP contribution in [0.2, 0.25) is 0 Å². The summed E-state index contributed by atoms with van der Waals surface area (Å²) in [4.78, 5) is 5.27. The van der Waals surface area contributed by atoms with Crippen LogP contribution < -0.4 is 0 Å². The Morgan fingerprint density at radius 1 is 1.06 bits per heavy atom. The van der Waals surface area contributed by atoms with E-state index >= 15 is 0 Å². The van der Waals surface area contributed by atoms with E-state index in [1.807, 2.05) is 0 Å². The van der Waals surface area contributed by atoms with Crippen molar-refractivity contribution < 1.29 is 4.74 Å². The van der Waals surface area contributed by atoms with Crippen LogP contribution in [0, 0.1) is 0 Å². The number of rotatable bonds is 2. The zero-order chi connectivity index (χ0) is 12.6. The molecule has 1 atom stereocenters. The van der Waals surface area contributed by atoms with Crippen molar-refractivity contribution in [2.75, 3.05) is 32.8 Å². The van der Waals surface area contributed by atoms with Crippen molar-refractivity contribution in [3.8, 4) is 0 Å². The highest BCUT2D eigenvalue weighted by atomic mass is 16.5. The average molecular weight is 252 g/mol. The van der Waals surface area contributed by atoms with Gasteiger partial charge in [-0.25, -0.2) is 0 Å². The highest BCUT2D eigenvalue weighted by Gasteiger charge is 2.44. The predicted molar refractivity (Wildman–Crippen MR) is 73.8 cm³/mol. The van der Waals surface area contributed by atoms with Gasteiger partial charge in [0.2, 0.25) is 0 Å². The molecule has 1 spiro atoms. The molecule has 0 aliphatic carbocycles. The molecular weight excluding hydrogens is 224 g/mol. The van der Waals surface area contributed by atoms with Crippen LogP contribution in [0.4, 0.5) is 0 Å². The zero-order valence-electron chi connectivity index (χ0n) is 12.0. The second-order valence-electron chi connectivity index (χ2n) is 6.72. The van der Waals surface area contributed by atoms with Gasteiger partial charge in [-0.15, -0.1) is 0 Å². The maximum absolute atomic E-state index is 6.27. The minimum Gasteiger partial charge on any atom is -0.373 e. The minimum atomic E-state index is 0.235. The summed E-state index contributed by atoms with van der Waals surface area (Å²) in [7, 11) is 0. The van der Waals surface area contributed by atoms with E-state index in [9.17, 15) is 0 Å². The van der Waals surface area contributed by atoms with Crippen LogP contribution in [0.1, 0.15) is 46.0 Å². The summed E-state index contributed by atoms with van der Waals surface area (Å²) in [5.41, 5.74) is 0.235. The number of likely N-dealkylation sites (tertiary alicyclic amines) is 2. The summed E-state index contributed by atoms with van der Waals surface area (Å²) in [5, 5.41) is 0. The van der Waals surface area contributed by atoms with E-state index in [-0.39, 0.29) is 5.60 Å². The van der Waals surface area contributed by atoms with Gasteiger partial charge in [-0.1, -0.05) is 0 Å². The molecule has 3 rings (SSSR count). The number of hydrogen-bond acceptors (Lipinski definition) is 3. The van der Waals surface area contributed by atoms with Gasteiger partial charge in [-0.3, -0.25) is 4.90 Å². The first-order valence-electron chi connectivity index (χ1n) is 7.81. The molecule has 3 nitrogen and oxygen atoms in total. The summed E-state index contributed by atoms with van der Waals surface area (Å²) in [6, 6.07) is 1.41. The van der Waals surface area contributed by atoms with Crippen molar-refractivity contribution in [2.24, 2.45) is 0 Å². The van der Waals surface area contributed by atoms with Crippen LogP contribution >= 0.6 is 0 Å². The molecule has 0 aromatic carbocycles. The molecule has 0 saturated carbocycles. The Bertz CT molecular complexity index is 278. The summed E-state index contributed by atoms with van der Waals surface area (Å²) >= 11 is 0. The highest BCUT2D eigenvalue weighted by Crippen LogP contribution is 2.38. The molecule has 104 valence electrons. The van der Waals surface area contributed by atoms with Gasteiger partial charge in [0.1, 0.15) is 0 Å². The SMILES string of the molecule is CC(C)N1CCC2(CC1)CC(N1CCCC1)CO2. The molecule has 3 heterocycles. The van der Waals surface area contributed by atoms with Crippen LogP contribution in [-0.2, 0) is 4.74 Å². The first kappa shape index (κ1) is 12.9. The largest absolute Gasteiger partial charge is 0.373 e. The van der Waals surface area contributed by atoms with Crippen molar-refractivity contribution in [2.45, 2.75) is 63.6 Å². The average Bonchev–Trinajstić information content (AvgIpc) is 2.99. The van der Waals surface area contributed by atoms with E-state index in [4.69, 9.17) is 4.74 Å². The van der Waals surface area contributed by atoms with E-state index in [1.54, 1.807) is 0 Å².